The highest BCUT2D eigenvalue weighted by Crippen LogP contribution is 2.38. The predicted molar refractivity (Wildman–Crippen MR) is 129 cm³/mol. The second-order valence-electron chi connectivity index (χ2n) is 8.03. The van der Waals surface area contributed by atoms with Crippen molar-refractivity contribution in [3.05, 3.63) is 71.4 Å². The van der Waals surface area contributed by atoms with E-state index in [1.165, 1.54) is 11.1 Å². The van der Waals surface area contributed by atoms with Crippen molar-refractivity contribution in [2.24, 2.45) is 0 Å². The molecule has 0 bridgehead atoms. The fourth-order valence-corrected chi connectivity index (χ4v) is 5.21. The maximum absolute atomic E-state index is 9.75. The lowest BCUT2D eigenvalue weighted by Gasteiger charge is -2.36. The number of anilines is 1. The second-order valence-corrected chi connectivity index (χ2v) is 8.88. The molecule has 1 aliphatic rings. The number of hydrogen-bond acceptors (Lipinski definition) is 7. The van der Waals surface area contributed by atoms with Crippen LogP contribution in [0.4, 0.5) is 5.82 Å². The van der Waals surface area contributed by atoms with E-state index in [1.807, 2.05) is 18.2 Å². The minimum Gasteiger partial charge on any atom is -0.508 e. The maximum atomic E-state index is 9.75. The molecule has 2 aromatic heterocycles. The molecule has 6 nitrogen and oxygen atoms in total. The summed E-state index contributed by atoms with van der Waals surface area (Å²) in [6.45, 7) is 4.89. The lowest BCUT2D eigenvalue weighted by atomic mass is 10.1. The Morgan fingerprint density at radius 2 is 1.81 bits per heavy atom. The molecule has 0 unspecified atom stereocenters. The Labute approximate surface area is 191 Å². The summed E-state index contributed by atoms with van der Waals surface area (Å²) in [4.78, 5) is 15.5. The molecule has 7 heteroatoms. The summed E-state index contributed by atoms with van der Waals surface area (Å²) in [5.41, 5.74) is 3.51. The van der Waals surface area contributed by atoms with Gasteiger partial charge in [0.25, 0.3) is 0 Å². The predicted octanol–water partition coefficient (Wildman–Crippen LogP) is 4.53. The molecule has 32 heavy (non-hydrogen) atoms. The van der Waals surface area contributed by atoms with Gasteiger partial charge in [-0.15, -0.1) is 11.3 Å². The Morgan fingerprint density at radius 1 is 1.00 bits per heavy atom. The number of hydrogen-bond donors (Lipinski definition) is 1. The smallest absolute Gasteiger partial charge is 0.158 e. The normalized spacial score (nSPS) is 14.8. The van der Waals surface area contributed by atoms with Gasteiger partial charge in [0, 0.05) is 50.8 Å². The molecule has 5 rings (SSSR count). The van der Waals surface area contributed by atoms with Crippen molar-refractivity contribution < 1.29 is 9.84 Å². The van der Waals surface area contributed by atoms with E-state index in [2.05, 4.69) is 45.5 Å². The molecule has 1 saturated heterocycles. The lowest BCUT2D eigenvalue weighted by molar-refractivity contribution is 0.178. The number of aromatic nitrogens is 2. The minimum atomic E-state index is 0.320. The van der Waals surface area contributed by atoms with Crippen LogP contribution in [0.1, 0.15) is 11.4 Å². The van der Waals surface area contributed by atoms with Crippen LogP contribution < -0.4 is 4.90 Å². The Kier molecular flexibility index (Phi) is 6.03. The zero-order valence-corrected chi connectivity index (χ0v) is 18.9. The van der Waals surface area contributed by atoms with Gasteiger partial charge < -0.3 is 14.7 Å². The lowest BCUT2D eigenvalue weighted by Crippen LogP contribution is -2.46. The van der Waals surface area contributed by atoms with E-state index >= 15 is 0 Å². The molecular weight excluding hydrogens is 420 g/mol. The first-order valence-electron chi connectivity index (χ1n) is 10.8. The molecule has 1 fully saturated rings. The zero-order chi connectivity index (χ0) is 21.9. The fourth-order valence-electron chi connectivity index (χ4n) is 4.25. The van der Waals surface area contributed by atoms with Crippen LogP contribution in [0.15, 0.2) is 60.0 Å². The Morgan fingerprint density at radius 3 is 2.56 bits per heavy atom. The molecule has 0 spiro atoms. The quantitative estimate of drug-likeness (QED) is 0.469. The van der Waals surface area contributed by atoms with Crippen molar-refractivity contribution in [2.45, 2.75) is 13.2 Å². The van der Waals surface area contributed by atoms with E-state index < -0.39 is 0 Å². The molecule has 1 aliphatic heterocycles. The van der Waals surface area contributed by atoms with Crippen LogP contribution in [0.3, 0.4) is 0 Å². The SMILES string of the molecule is COCc1nc(N2CCN(Cc3cccc(O)c3)CC2)c2c(-c3ccccc3)csc2n1. The number of benzene rings is 2. The van der Waals surface area contributed by atoms with Gasteiger partial charge in [-0.05, 0) is 23.3 Å². The topological polar surface area (TPSA) is 61.7 Å². The highest BCUT2D eigenvalue weighted by molar-refractivity contribution is 7.17. The summed E-state index contributed by atoms with van der Waals surface area (Å²) in [7, 11) is 1.68. The summed E-state index contributed by atoms with van der Waals surface area (Å²) in [6.07, 6.45) is 0. The number of piperazine rings is 1. The van der Waals surface area contributed by atoms with Crippen molar-refractivity contribution >= 4 is 27.4 Å². The van der Waals surface area contributed by atoms with Gasteiger partial charge in [-0.2, -0.15) is 0 Å². The van der Waals surface area contributed by atoms with E-state index in [-0.39, 0.29) is 0 Å². The van der Waals surface area contributed by atoms with Gasteiger partial charge in [0.05, 0.1) is 5.39 Å². The van der Waals surface area contributed by atoms with Crippen molar-refractivity contribution in [3.63, 3.8) is 0 Å². The molecule has 2 aromatic carbocycles. The van der Waals surface area contributed by atoms with Gasteiger partial charge in [-0.25, -0.2) is 9.97 Å². The van der Waals surface area contributed by atoms with Crippen LogP contribution >= 0.6 is 11.3 Å². The second kappa shape index (κ2) is 9.24. The highest BCUT2D eigenvalue weighted by atomic mass is 32.1. The molecule has 0 atom stereocenters. The molecule has 0 saturated carbocycles. The molecule has 4 aromatic rings. The molecule has 0 aliphatic carbocycles. The van der Waals surface area contributed by atoms with E-state index in [1.54, 1.807) is 24.5 Å². The van der Waals surface area contributed by atoms with Crippen molar-refractivity contribution in [1.29, 1.82) is 0 Å². The number of aromatic hydroxyl groups is 1. The number of fused-ring (bicyclic) bond motifs is 1. The number of phenols is 1. The highest BCUT2D eigenvalue weighted by Gasteiger charge is 2.23. The maximum Gasteiger partial charge on any atom is 0.158 e. The standard InChI is InChI=1S/C25H26N4O2S/c1-31-16-22-26-24(23-21(17-32-25(23)27-22)19-7-3-2-4-8-19)29-12-10-28(11-13-29)15-18-6-5-9-20(30)14-18/h2-9,14,17,30H,10-13,15-16H2,1H3. The Hall–Kier alpha value is -3.00. The van der Waals surface area contributed by atoms with Gasteiger partial charge in [0.1, 0.15) is 23.0 Å². The van der Waals surface area contributed by atoms with Gasteiger partial charge >= 0.3 is 0 Å². The van der Waals surface area contributed by atoms with Gasteiger partial charge in [0.2, 0.25) is 0 Å². The minimum absolute atomic E-state index is 0.320. The summed E-state index contributed by atoms with van der Waals surface area (Å²) in [5.74, 6) is 2.04. The Balaban J connectivity index is 1.43. The Bertz CT molecular complexity index is 1200. The molecule has 164 valence electrons. The average Bonchev–Trinajstić information content (AvgIpc) is 3.24. The zero-order valence-electron chi connectivity index (χ0n) is 18.1. The van der Waals surface area contributed by atoms with Crippen LogP contribution in [0.5, 0.6) is 5.75 Å². The first kappa shape index (κ1) is 20.9. The summed E-state index contributed by atoms with van der Waals surface area (Å²) < 4.78 is 5.34. The molecule has 0 radical (unpaired) electrons. The molecule has 1 N–H and O–H groups in total. The third-order valence-corrected chi connectivity index (χ3v) is 6.68. The number of rotatable bonds is 6. The summed E-state index contributed by atoms with van der Waals surface area (Å²) in [6, 6.07) is 18.0. The number of nitrogens with zero attached hydrogens (tertiary/aromatic N) is 4. The van der Waals surface area contributed by atoms with Crippen LogP contribution in [0.25, 0.3) is 21.3 Å². The van der Waals surface area contributed by atoms with Crippen molar-refractivity contribution in [2.75, 3.05) is 38.2 Å². The van der Waals surface area contributed by atoms with E-state index in [4.69, 9.17) is 14.7 Å². The average molecular weight is 447 g/mol. The number of ether oxygens (including phenoxy) is 1. The summed E-state index contributed by atoms with van der Waals surface area (Å²) >= 11 is 1.66. The first-order chi connectivity index (χ1) is 15.7. The third-order valence-electron chi connectivity index (χ3n) is 5.81. The number of phenolic OH excluding ortho intramolecular Hbond substituents is 1. The largest absolute Gasteiger partial charge is 0.508 e. The third kappa shape index (κ3) is 4.32. The number of methoxy groups -OCH3 is 1. The van der Waals surface area contributed by atoms with E-state index in [9.17, 15) is 5.11 Å². The molecular formula is C25H26N4O2S. The molecule has 0 amide bonds. The van der Waals surface area contributed by atoms with Gasteiger partial charge in [-0.1, -0.05) is 42.5 Å². The first-order valence-corrected chi connectivity index (χ1v) is 11.7. The number of thiophene rings is 1. The van der Waals surface area contributed by atoms with Crippen LogP contribution in [-0.4, -0.2) is 53.3 Å². The van der Waals surface area contributed by atoms with Crippen LogP contribution in [-0.2, 0) is 17.9 Å². The van der Waals surface area contributed by atoms with E-state index in [0.29, 0.717) is 12.4 Å². The van der Waals surface area contributed by atoms with Crippen LogP contribution in [0, 0.1) is 0 Å². The molecule has 3 heterocycles. The fraction of sp³-hybridized carbons (Fsp3) is 0.280. The van der Waals surface area contributed by atoms with Gasteiger partial charge in [0.15, 0.2) is 5.82 Å². The van der Waals surface area contributed by atoms with Crippen molar-refractivity contribution in [3.8, 4) is 16.9 Å². The monoisotopic (exact) mass is 446 g/mol. The van der Waals surface area contributed by atoms with E-state index in [0.717, 1.165) is 60.1 Å². The summed E-state index contributed by atoms with van der Waals surface area (Å²) in [5, 5.41) is 13.1. The van der Waals surface area contributed by atoms with Crippen molar-refractivity contribution in [1.82, 2.24) is 14.9 Å². The van der Waals surface area contributed by atoms with Gasteiger partial charge in [-0.3, -0.25) is 4.90 Å². The van der Waals surface area contributed by atoms with Crippen LogP contribution in [0.2, 0.25) is 0 Å².